The molecule has 2 aliphatic heterocycles. The lowest BCUT2D eigenvalue weighted by Crippen LogP contribution is -2.50. The fourth-order valence-corrected chi connectivity index (χ4v) is 2.65. The molecule has 2 heterocycles. The molecule has 10 heavy (non-hydrogen) atoms. The smallest absolute Gasteiger partial charge is 0.0159 e. The molecular weight excluding hydrogens is 122 g/mol. The molecule has 0 aliphatic carbocycles. The summed E-state index contributed by atoms with van der Waals surface area (Å²) in [6.07, 6.45) is 7.00. The standard InChI is InChI=1S/C9H17N/c1-8-4-3-5-9(2,10-8)7-6-8/h10H,3-7H2,1-2H3/t8-,9+. The van der Waals surface area contributed by atoms with E-state index in [0.29, 0.717) is 11.1 Å². The van der Waals surface area contributed by atoms with Gasteiger partial charge in [0.05, 0.1) is 0 Å². The van der Waals surface area contributed by atoms with E-state index in [9.17, 15) is 0 Å². The third kappa shape index (κ3) is 0.878. The van der Waals surface area contributed by atoms with Crippen molar-refractivity contribution in [2.75, 3.05) is 0 Å². The molecule has 2 fully saturated rings. The summed E-state index contributed by atoms with van der Waals surface area (Å²) in [5, 5.41) is 3.74. The van der Waals surface area contributed by atoms with E-state index in [1.807, 2.05) is 0 Å². The Kier molecular flexibility index (Phi) is 1.17. The second kappa shape index (κ2) is 1.76. The summed E-state index contributed by atoms with van der Waals surface area (Å²) in [5.74, 6) is 0. The monoisotopic (exact) mass is 139 g/mol. The first-order valence-electron chi connectivity index (χ1n) is 4.41. The van der Waals surface area contributed by atoms with Crippen LogP contribution in [0.3, 0.4) is 0 Å². The van der Waals surface area contributed by atoms with Crippen LogP contribution in [0.25, 0.3) is 0 Å². The van der Waals surface area contributed by atoms with Crippen molar-refractivity contribution in [1.29, 1.82) is 0 Å². The van der Waals surface area contributed by atoms with E-state index in [-0.39, 0.29) is 0 Å². The molecule has 2 rings (SSSR count). The second-order valence-corrected chi connectivity index (χ2v) is 4.60. The van der Waals surface area contributed by atoms with Crippen molar-refractivity contribution in [3.8, 4) is 0 Å². The van der Waals surface area contributed by atoms with E-state index < -0.39 is 0 Å². The van der Waals surface area contributed by atoms with Crippen LogP contribution in [-0.2, 0) is 0 Å². The van der Waals surface area contributed by atoms with Gasteiger partial charge in [-0.1, -0.05) is 0 Å². The Balaban J connectivity index is 2.20. The molecular formula is C9H17N. The minimum absolute atomic E-state index is 0.507. The summed E-state index contributed by atoms with van der Waals surface area (Å²) in [6.45, 7) is 4.74. The molecule has 1 heteroatoms. The molecule has 58 valence electrons. The van der Waals surface area contributed by atoms with Gasteiger partial charge in [-0.05, 0) is 46.0 Å². The van der Waals surface area contributed by atoms with Crippen LogP contribution in [0.2, 0.25) is 0 Å². The Labute approximate surface area is 63.2 Å². The van der Waals surface area contributed by atoms with Crippen LogP contribution in [-0.4, -0.2) is 11.1 Å². The molecule has 2 atom stereocenters. The fourth-order valence-electron chi connectivity index (χ4n) is 2.65. The zero-order valence-corrected chi connectivity index (χ0v) is 7.04. The zero-order chi connectivity index (χ0) is 7.24. The Hall–Kier alpha value is -0.0400. The molecule has 2 bridgehead atoms. The highest BCUT2D eigenvalue weighted by Gasteiger charge is 2.44. The van der Waals surface area contributed by atoms with E-state index in [1.165, 1.54) is 32.1 Å². The summed E-state index contributed by atoms with van der Waals surface area (Å²) in [4.78, 5) is 0. The number of hydrogen-bond donors (Lipinski definition) is 1. The van der Waals surface area contributed by atoms with Crippen LogP contribution >= 0.6 is 0 Å². The summed E-state index contributed by atoms with van der Waals surface area (Å²) >= 11 is 0. The maximum atomic E-state index is 3.74. The third-order valence-corrected chi connectivity index (χ3v) is 3.29. The predicted molar refractivity (Wildman–Crippen MR) is 43.0 cm³/mol. The first-order chi connectivity index (χ1) is 4.62. The Bertz CT molecular complexity index is 139. The molecule has 2 aliphatic rings. The number of nitrogens with one attached hydrogen (secondary N) is 1. The molecule has 0 saturated carbocycles. The molecule has 0 spiro atoms. The quantitative estimate of drug-likeness (QED) is 0.541. The SMILES string of the molecule is C[C@]12CCC[C@](C)(CC1)N2. The van der Waals surface area contributed by atoms with Gasteiger partial charge in [-0.25, -0.2) is 0 Å². The van der Waals surface area contributed by atoms with Crippen molar-refractivity contribution < 1.29 is 0 Å². The van der Waals surface area contributed by atoms with Gasteiger partial charge in [0.25, 0.3) is 0 Å². The van der Waals surface area contributed by atoms with Crippen molar-refractivity contribution in [1.82, 2.24) is 5.32 Å². The Morgan fingerprint density at radius 2 is 1.40 bits per heavy atom. The minimum atomic E-state index is 0.507. The maximum absolute atomic E-state index is 3.74. The van der Waals surface area contributed by atoms with Gasteiger partial charge in [0.15, 0.2) is 0 Å². The van der Waals surface area contributed by atoms with E-state index in [4.69, 9.17) is 0 Å². The van der Waals surface area contributed by atoms with Crippen molar-refractivity contribution in [3.63, 3.8) is 0 Å². The van der Waals surface area contributed by atoms with Crippen molar-refractivity contribution in [2.24, 2.45) is 0 Å². The van der Waals surface area contributed by atoms with Crippen LogP contribution < -0.4 is 5.32 Å². The highest BCUT2D eigenvalue weighted by atomic mass is 15.1. The van der Waals surface area contributed by atoms with Gasteiger partial charge >= 0.3 is 0 Å². The highest BCUT2D eigenvalue weighted by Crippen LogP contribution is 2.41. The molecule has 0 aromatic rings. The average Bonchev–Trinajstić information content (AvgIpc) is 2.03. The van der Waals surface area contributed by atoms with Gasteiger partial charge in [0.1, 0.15) is 0 Å². The van der Waals surface area contributed by atoms with E-state index in [0.717, 1.165) is 0 Å². The minimum Gasteiger partial charge on any atom is -0.306 e. The van der Waals surface area contributed by atoms with Crippen LogP contribution in [0.4, 0.5) is 0 Å². The van der Waals surface area contributed by atoms with Gasteiger partial charge in [0, 0.05) is 11.1 Å². The first kappa shape index (κ1) is 6.66. The van der Waals surface area contributed by atoms with Gasteiger partial charge in [0.2, 0.25) is 0 Å². The molecule has 0 aromatic carbocycles. The number of fused-ring (bicyclic) bond motifs is 2. The first-order valence-corrected chi connectivity index (χ1v) is 4.41. The van der Waals surface area contributed by atoms with Crippen LogP contribution in [0.5, 0.6) is 0 Å². The highest BCUT2D eigenvalue weighted by molar-refractivity contribution is 5.05. The normalized spacial score (nSPS) is 53.4. The summed E-state index contributed by atoms with van der Waals surface area (Å²) in [7, 11) is 0. The number of rotatable bonds is 0. The third-order valence-electron chi connectivity index (χ3n) is 3.29. The lowest BCUT2D eigenvalue weighted by molar-refractivity contribution is 0.235. The number of hydrogen-bond acceptors (Lipinski definition) is 1. The van der Waals surface area contributed by atoms with Gasteiger partial charge in [-0.3, -0.25) is 0 Å². The zero-order valence-electron chi connectivity index (χ0n) is 7.04. The van der Waals surface area contributed by atoms with Crippen LogP contribution in [0.1, 0.15) is 46.0 Å². The predicted octanol–water partition coefficient (Wildman–Crippen LogP) is 2.07. The van der Waals surface area contributed by atoms with E-state index in [2.05, 4.69) is 19.2 Å². The maximum Gasteiger partial charge on any atom is 0.0159 e. The lowest BCUT2D eigenvalue weighted by Gasteiger charge is -2.37. The van der Waals surface area contributed by atoms with E-state index in [1.54, 1.807) is 0 Å². The second-order valence-electron chi connectivity index (χ2n) is 4.60. The average molecular weight is 139 g/mol. The fraction of sp³-hybridized carbons (Fsp3) is 1.00. The van der Waals surface area contributed by atoms with E-state index >= 15 is 0 Å². The molecule has 0 aromatic heterocycles. The molecule has 1 nitrogen and oxygen atoms in total. The van der Waals surface area contributed by atoms with Crippen molar-refractivity contribution >= 4 is 0 Å². The van der Waals surface area contributed by atoms with Crippen molar-refractivity contribution in [2.45, 2.75) is 57.0 Å². The lowest BCUT2D eigenvalue weighted by atomic mass is 9.89. The molecule has 0 radical (unpaired) electrons. The Morgan fingerprint density at radius 1 is 0.900 bits per heavy atom. The van der Waals surface area contributed by atoms with Gasteiger partial charge in [-0.2, -0.15) is 0 Å². The van der Waals surface area contributed by atoms with Gasteiger partial charge in [-0.15, -0.1) is 0 Å². The van der Waals surface area contributed by atoms with Gasteiger partial charge < -0.3 is 5.32 Å². The molecule has 2 saturated heterocycles. The number of piperidine rings is 1. The van der Waals surface area contributed by atoms with Crippen LogP contribution in [0, 0.1) is 0 Å². The summed E-state index contributed by atoms with van der Waals surface area (Å²) < 4.78 is 0. The topological polar surface area (TPSA) is 12.0 Å². The van der Waals surface area contributed by atoms with Crippen molar-refractivity contribution in [3.05, 3.63) is 0 Å². The van der Waals surface area contributed by atoms with Crippen LogP contribution in [0.15, 0.2) is 0 Å². The molecule has 0 amide bonds. The summed E-state index contributed by atoms with van der Waals surface area (Å²) in [5.41, 5.74) is 1.01. The molecule has 1 N–H and O–H groups in total. The molecule has 0 unspecified atom stereocenters. The Morgan fingerprint density at radius 3 is 1.80 bits per heavy atom. The largest absolute Gasteiger partial charge is 0.306 e. The summed E-state index contributed by atoms with van der Waals surface area (Å²) in [6, 6.07) is 0.